The minimum Gasteiger partial charge on any atom is -0.321 e. The Morgan fingerprint density at radius 2 is 2.17 bits per heavy atom. The second kappa shape index (κ2) is 6.47. The standard InChI is InChI=1S/C14H14N4O3S2/c19-14(12-8-22-9-16-12)17-10-3-1-4-11(7-10)23(20,21)18-13-5-2-6-15-13/h1,3-4,7-9H,2,5-6H2,(H,15,18)(H,17,19). The molecule has 0 fully saturated rings. The van der Waals surface area contributed by atoms with Crippen LogP contribution in [0, 0.1) is 0 Å². The lowest BCUT2D eigenvalue weighted by molar-refractivity contribution is 0.102. The molecule has 3 rings (SSSR count). The van der Waals surface area contributed by atoms with Gasteiger partial charge in [-0.1, -0.05) is 6.07 Å². The van der Waals surface area contributed by atoms with Crippen molar-refractivity contribution in [1.29, 1.82) is 0 Å². The van der Waals surface area contributed by atoms with Gasteiger partial charge in [0, 0.05) is 24.0 Å². The highest BCUT2D eigenvalue weighted by Gasteiger charge is 2.19. The van der Waals surface area contributed by atoms with Crippen molar-refractivity contribution in [2.45, 2.75) is 17.7 Å². The first-order valence-electron chi connectivity index (χ1n) is 6.90. The van der Waals surface area contributed by atoms with E-state index < -0.39 is 10.0 Å². The number of amidine groups is 1. The maximum atomic E-state index is 12.3. The zero-order valence-corrected chi connectivity index (χ0v) is 13.7. The van der Waals surface area contributed by atoms with E-state index in [1.54, 1.807) is 23.0 Å². The summed E-state index contributed by atoms with van der Waals surface area (Å²) in [6.45, 7) is 0.640. The first-order chi connectivity index (χ1) is 11.0. The maximum Gasteiger partial charge on any atom is 0.275 e. The van der Waals surface area contributed by atoms with E-state index in [1.807, 2.05) is 0 Å². The van der Waals surface area contributed by atoms with Crippen LogP contribution in [0.25, 0.3) is 0 Å². The Morgan fingerprint density at radius 3 is 2.87 bits per heavy atom. The number of thiazole rings is 1. The number of hydrogen-bond donors (Lipinski definition) is 2. The summed E-state index contributed by atoms with van der Waals surface area (Å²) in [5.74, 6) is 0.0934. The molecule has 23 heavy (non-hydrogen) atoms. The van der Waals surface area contributed by atoms with Gasteiger partial charge < -0.3 is 5.32 Å². The van der Waals surface area contributed by atoms with Crippen LogP contribution in [0.2, 0.25) is 0 Å². The van der Waals surface area contributed by atoms with Crippen LogP contribution in [0.15, 0.2) is 45.0 Å². The number of carbonyl (C=O) groups is 1. The number of hydrogen-bond acceptors (Lipinski definition) is 6. The molecule has 0 radical (unpaired) electrons. The largest absolute Gasteiger partial charge is 0.321 e. The van der Waals surface area contributed by atoms with E-state index in [2.05, 4.69) is 20.0 Å². The second-order valence-corrected chi connectivity index (χ2v) is 7.29. The van der Waals surface area contributed by atoms with Crippen LogP contribution in [-0.4, -0.2) is 31.7 Å². The molecule has 0 atom stereocenters. The van der Waals surface area contributed by atoms with E-state index in [0.717, 1.165) is 6.42 Å². The molecule has 7 nitrogen and oxygen atoms in total. The van der Waals surface area contributed by atoms with E-state index in [9.17, 15) is 13.2 Å². The number of carbonyl (C=O) groups excluding carboxylic acids is 1. The molecular weight excluding hydrogens is 336 g/mol. The lowest BCUT2D eigenvalue weighted by Crippen LogP contribution is -2.29. The van der Waals surface area contributed by atoms with Crippen molar-refractivity contribution < 1.29 is 13.2 Å². The Labute approximate surface area is 137 Å². The molecule has 0 aliphatic carbocycles. The molecule has 1 aliphatic rings. The molecule has 0 bridgehead atoms. The average Bonchev–Trinajstić information content (AvgIpc) is 3.20. The quantitative estimate of drug-likeness (QED) is 0.879. The first-order valence-corrected chi connectivity index (χ1v) is 9.33. The Balaban J connectivity index is 1.78. The summed E-state index contributed by atoms with van der Waals surface area (Å²) in [4.78, 5) is 20.0. The zero-order chi connectivity index (χ0) is 16.3. The van der Waals surface area contributed by atoms with Crippen LogP contribution in [0.5, 0.6) is 0 Å². The Kier molecular flexibility index (Phi) is 4.39. The van der Waals surface area contributed by atoms with Crippen molar-refractivity contribution >= 4 is 38.8 Å². The molecule has 2 N–H and O–H groups in total. The van der Waals surface area contributed by atoms with Gasteiger partial charge in [0.05, 0.1) is 10.4 Å². The van der Waals surface area contributed by atoms with E-state index in [-0.39, 0.29) is 10.8 Å². The third-order valence-corrected chi connectivity index (χ3v) is 5.16. The zero-order valence-electron chi connectivity index (χ0n) is 12.0. The molecule has 1 aliphatic heterocycles. The summed E-state index contributed by atoms with van der Waals surface area (Å²) in [5.41, 5.74) is 2.24. The van der Waals surface area contributed by atoms with Gasteiger partial charge >= 0.3 is 0 Å². The Bertz CT molecular complexity index is 845. The number of anilines is 1. The van der Waals surface area contributed by atoms with Crippen molar-refractivity contribution in [3.05, 3.63) is 40.8 Å². The summed E-state index contributed by atoms with van der Waals surface area (Å²) in [5, 5.41) is 4.25. The number of sulfonamides is 1. The highest BCUT2D eigenvalue weighted by molar-refractivity contribution is 7.90. The molecule has 0 spiro atoms. The molecule has 2 heterocycles. The van der Waals surface area contributed by atoms with Gasteiger partial charge in [0.1, 0.15) is 11.5 Å². The Morgan fingerprint density at radius 1 is 1.30 bits per heavy atom. The van der Waals surface area contributed by atoms with E-state index in [0.29, 0.717) is 30.2 Å². The summed E-state index contributed by atoms with van der Waals surface area (Å²) in [7, 11) is -3.70. The Hall–Kier alpha value is -2.26. The number of rotatable bonds is 4. The van der Waals surface area contributed by atoms with Crippen molar-refractivity contribution in [3.63, 3.8) is 0 Å². The van der Waals surface area contributed by atoms with Gasteiger partial charge in [-0.2, -0.15) is 0 Å². The maximum absolute atomic E-state index is 12.3. The van der Waals surface area contributed by atoms with Crippen LogP contribution in [0.1, 0.15) is 23.3 Å². The number of benzene rings is 1. The molecule has 2 aromatic rings. The van der Waals surface area contributed by atoms with Gasteiger partial charge in [0.2, 0.25) is 0 Å². The number of amides is 1. The summed E-state index contributed by atoms with van der Waals surface area (Å²) in [6.07, 6.45) is 1.47. The highest BCUT2D eigenvalue weighted by Crippen LogP contribution is 2.17. The van der Waals surface area contributed by atoms with Crippen molar-refractivity contribution in [2.24, 2.45) is 4.99 Å². The summed E-state index contributed by atoms with van der Waals surface area (Å²) < 4.78 is 27.2. The normalized spacial score (nSPS) is 14.3. The first kappa shape index (κ1) is 15.6. The van der Waals surface area contributed by atoms with E-state index in [4.69, 9.17) is 0 Å². The molecule has 9 heteroatoms. The average molecular weight is 350 g/mol. The third kappa shape index (κ3) is 3.74. The van der Waals surface area contributed by atoms with Crippen molar-refractivity contribution in [1.82, 2.24) is 9.71 Å². The predicted octanol–water partition coefficient (Wildman–Crippen LogP) is 1.87. The fourth-order valence-electron chi connectivity index (χ4n) is 2.10. The van der Waals surface area contributed by atoms with Gasteiger partial charge in [-0.3, -0.25) is 14.5 Å². The monoisotopic (exact) mass is 350 g/mol. The second-order valence-electron chi connectivity index (χ2n) is 4.89. The molecular formula is C14H14N4O3S2. The fourth-order valence-corrected chi connectivity index (χ4v) is 3.76. The smallest absolute Gasteiger partial charge is 0.275 e. The van der Waals surface area contributed by atoms with Crippen LogP contribution in [0.4, 0.5) is 5.69 Å². The number of nitrogens with zero attached hydrogens (tertiary/aromatic N) is 2. The molecule has 1 aromatic heterocycles. The fraction of sp³-hybridized carbons (Fsp3) is 0.214. The van der Waals surface area contributed by atoms with Crippen LogP contribution in [0.3, 0.4) is 0 Å². The molecule has 1 aromatic carbocycles. The van der Waals surface area contributed by atoms with Crippen molar-refractivity contribution in [3.8, 4) is 0 Å². The highest BCUT2D eigenvalue weighted by atomic mass is 32.2. The molecule has 0 saturated heterocycles. The van der Waals surface area contributed by atoms with Crippen molar-refractivity contribution in [2.75, 3.05) is 11.9 Å². The predicted molar refractivity (Wildman–Crippen MR) is 88.4 cm³/mol. The minimum absolute atomic E-state index is 0.0724. The number of aliphatic imine (C=N–C) groups is 1. The molecule has 120 valence electrons. The van der Waals surface area contributed by atoms with Gasteiger partial charge in [0.15, 0.2) is 0 Å². The lowest BCUT2D eigenvalue weighted by Gasteiger charge is -2.09. The van der Waals surface area contributed by atoms with E-state index in [1.165, 1.54) is 23.5 Å². The van der Waals surface area contributed by atoms with E-state index >= 15 is 0 Å². The number of nitrogens with one attached hydrogen (secondary N) is 2. The lowest BCUT2D eigenvalue weighted by atomic mass is 10.3. The van der Waals surface area contributed by atoms with Crippen LogP contribution in [-0.2, 0) is 10.0 Å². The molecule has 0 saturated carbocycles. The van der Waals surface area contributed by atoms with Gasteiger partial charge in [-0.15, -0.1) is 11.3 Å². The summed E-state index contributed by atoms with van der Waals surface area (Å²) in [6, 6.07) is 6.07. The van der Waals surface area contributed by atoms with Crippen LogP contribution >= 0.6 is 11.3 Å². The summed E-state index contributed by atoms with van der Waals surface area (Å²) >= 11 is 1.31. The third-order valence-electron chi connectivity index (χ3n) is 3.19. The SMILES string of the molecule is O=C(Nc1cccc(S(=O)(=O)NC2=NCCC2)c1)c1cscn1. The number of aromatic nitrogens is 1. The van der Waals surface area contributed by atoms with Gasteiger partial charge in [0.25, 0.3) is 15.9 Å². The van der Waals surface area contributed by atoms with Crippen LogP contribution < -0.4 is 10.0 Å². The molecule has 1 amide bonds. The van der Waals surface area contributed by atoms with Gasteiger partial charge in [-0.05, 0) is 24.6 Å². The topological polar surface area (TPSA) is 101 Å². The van der Waals surface area contributed by atoms with Gasteiger partial charge in [-0.25, -0.2) is 13.4 Å². The molecule has 0 unspecified atom stereocenters. The minimum atomic E-state index is -3.70.